The molecule has 9 nitrogen and oxygen atoms in total. The molecule has 1 spiro atoms. The molecule has 3 aliphatic rings. The van der Waals surface area contributed by atoms with Gasteiger partial charge in [0.15, 0.2) is 11.6 Å². The molecule has 2 aromatic heterocycles. The minimum absolute atomic E-state index is 0.00822. The second kappa shape index (κ2) is 6.49. The summed E-state index contributed by atoms with van der Waals surface area (Å²) in [6, 6.07) is 1.20. The lowest BCUT2D eigenvalue weighted by molar-refractivity contribution is 0.0695. The maximum atomic E-state index is 15.1. The molecule has 0 bridgehead atoms. The normalized spacial score (nSPS) is 22.1. The largest absolute Gasteiger partial charge is 0.477 e. The Labute approximate surface area is 171 Å². The monoisotopic (exact) mass is 415 g/mol. The van der Waals surface area contributed by atoms with Crippen molar-refractivity contribution in [3.05, 3.63) is 33.9 Å². The van der Waals surface area contributed by atoms with E-state index in [2.05, 4.69) is 15.0 Å². The van der Waals surface area contributed by atoms with Gasteiger partial charge < -0.3 is 24.3 Å². The fourth-order valence-corrected chi connectivity index (χ4v) is 4.76. The summed E-state index contributed by atoms with van der Waals surface area (Å²) in [6.45, 7) is 2.54. The molecule has 4 heterocycles. The maximum Gasteiger partial charge on any atom is 0.341 e. The van der Waals surface area contributed by atoms with Crippen molar-refractivity contribution in [2.45, 2.75) is 18.9 Å². The van der Waals surface area contributed by atoms with E-state index in [4.69, 9.17) is 4.84 Å². The highest BCUT2D eigenvalue weighted by Crippen LogP contribution is 2.40. The Morgan fingerprint density at radius 2 is 2.10 bits per heavy atom. The number of nitrogens with zero attached hydrogens (tertiary/aromatic N) is 5. The highest BCUT2D eigenvalue weighted by Gasteiger charge is 2.52. The number of hydrogen-bond donors (Lipinski definition) is 1. The van der Waals surface area contributed by atoms with Gasteiger partial charge in [-0.05, 0) is 26.0 Å². The Balaban J connectivity index is 1.63. The summed E-state index contributed by atoms with van der Waals surface area (Å²) in [5.74, 6) is -1.82. The standard InChI is InChI=1S/C20H22FN5O4/c1-24-8-20(9-24)10-25(7-15(20)23-30-2)18-14(21)5-12-16(27)13(19(28)29)6-26(11-3-4-11)17(12)22-18/h5-6,11H,3-4,7-10H2,1-2H3,(H,28,29). The highest BCUT2D eigenvalue weighted by molar-refractivity contribution is 5.98. The molecular formula is C20H22FN5O4. The zero-order valence-electron chi connectivity index (χ0n) is 16.8. The van der Waals surface area contributed by atoms with E-state index in [9.17, 15) is 14.7 Å². The van der Waals surface area contributed by atoms with Gasteiger partial charge in [-0.2, -0.15) is 0 Å². The zero-order valence-corrected chi connectivity index (χ0v) is 16.8. The fraction of sp³-hybridized carbons (Fsp3) is 0.500. The van der Waals surface area contributed by atoms with Crippen LogP contribution in [0, 0.1) is 11.2 Å². The molecule has 5 rings (SSSR count). The second-order valence-corrected chi connectivity index (χ2v) is 8.51. The molecule has 1 N–H and O–H groups in total. The molecule has 0 radical (unpaired) electrons. The number of likely N-dealkylation sites (tertiary alicyclic amines) is 1. The van der Waals surface area contributed by atoms with Crippen molar-refractivity contribution in [3.8, 4) is 0 Å². The van der Waals surface area contributed by atoms with Gasteiger partial charge in [0, 0.05) is 31.9 Å². The number of anilines is 1. The molecule has 2 aliphatic heterocycles. The average molecular weight is 415 g/mol. The number of oxime groups is 1. The van der Waals surface area contributed by atoms with Crippen molar-refractivity contribution in [2.75, 3.05) is 45.2 Å². The average Bonchev–Trinajstić information content (AvgIpc) is 3.44. The first-order valence-electron chi connectivity index (χ1n) is 9.85. The molecular weight excluding hydrogens is 393 g/mol. The number of fused-ring (bicyclic) bond motifs is 1. The Bertz CT molecular complexity index is 1150. The molecule has 10 heteroatoms. The summed E-state index contributed by atoms with van der Waals surface area (Å²) in [4.78, 5) is 37.7. The third-order valence-electron chi connectivity index (χ3n) is 6.20. The van der Waals surface area contributed by atoms with Crippen molar-refractivity contribution >= 4 is 28.5 Å². The maximum absolute atomic E-state index is 15.1. The predicted octanol–water partition coefficient (Wildman–Crippen LogP) is 1.32. The SMILES string of the molecule is CON=C1CN(c2nc3c(cc2F)c(=O)c(C(=O)O)cn3C2CC2)CC12CN(C)C2. The molecule has 0 unspecified atom stereocenters. The summed E-state index contributed by atoms with van der Waals surface area (Å²) in [5, 5.41) is 13.5. The quantitative estimate of drug-likeness (QED) is 0.752. The summed E-state index contributed by atoms with van der Waals surface area (Å²) in [5.41, 5.74) is -0.106. The number of pyridine rings is 2. The van der Waals surface area contributed by atoms with Crippen LogP contribution in [0.3, 0.4) is 0 Å². The minimum Gasteiger partial charge on any atom is -0.477 e. The van der Waals surface area contributed by atoms with E-state index in [0.29, 0.717) is 18.7 Å². The van der Waals surface area contributed by atoms with E-state index in [0.717, 1.165) is 37.7 Å². The molecule has 0 atom stereocenters. The molecule has 0 aromatic carbocycles. The fourth-order valence-electron chi connectivity index (χ4n) is 4.76. The van der Waals surface area contributed by atoms with E-state index in [-0.39, 0.29) is 28.2 Å². The number of carboxylic acid groups (broad SMARTS) is 1. The van der Waals surface area contributed by atoms with Gasteiger partial charge in [-0.1, -0.05) is 5.16 Å². The van der Waals surface area contributed by atoms with E-state index in [1.807, 2.05) is 11.9 Å². The number of carbonyl (C=O) groups is 1. The van der Waals surface area contributed by atoms with Crippen LogP contribution in [0.2, 0.25) is 0 Å². The smallest absolute Gasteiger partial charge is 0.341 e. The number of aromatic nitrogens is 2. The van der Waals surface area contributed by atoms with Crippen LogP contribution in [-0.2, 0) is 4.84 Å². The summed E-state index contributed by atoms with van der Waals surface area (Å²) in [7, 11) is 3.51. The van der Waals surface area contributed by atoms with Gasteiger partial charge in [0.05, 0.1) is 23.1 Å². The van der Waals surface area contributed by atoms with Gasteiger partial charge in [-0.25, -0.2) is 14.2 Å². The zero-order chi connectivity index (χ0) is 21.2. The van der Waals surface area contributed by atoms with Gasteiger partial charge >= 0.3 is 5.97 Å². The minimum atomic E-state index is -1.32. The van der Waals surface area contributed by atoms with Crippen molar-refractivity contribution < 1.29 is 19.1 Å². The lowest BCUT2D eigenvalue weighted by Gasteiger charge is -2.45. The molecule has 158 valence electrons. The van der Waals surface area contributed by atoms with Crippen LogP contribution in [0.25, 0.3) is 11.0 Å². The van der Waals surface area contributed by atoms with Crippen LogP contribution >= 0.6 is 0 Å². The molecule has 1 aliphatic carbocycles. The van der Waals surface area contributed by atoms with Crippen LogP contribution in [-0.4, -0.2) is 71.6 Å². The van der Waals surface area contributed by atoms with E-state index in [1.165, 1.54) is 13.3 Å². The van der Waals surface area contributed by atoms with Crippen LogP contribution in [0.4, 0.5) is 10.2 Å². The summed E-state index contributed by atoms with van der Waals surface area (Å²) >= 11 is 0. The van der Waals surface area contributed by atoms with Crippen molar-refractivity contribution in [1.82, 2.24) is 14.5 Å². The number of hydrogen-bond acceptors (Lipinski definition) is 7. The lowest BCUT2D eigenvalue weighted by Crippen LogP contribution is -2.59. The van der Waals surface area contributed by atoms with Crippen LogP contribution in [0.15, 0.2) is 22.2 Å². The summed E-state index contributed by atoms with van der Waals surface area (Å²) < 4.78 is 16.8. The van der Waals surface area contributed by atoms with Crippen LogP contribution in [0.1, 0.15) is 29.2 Å². The third-order valence-corrected chi connectivity index (χ3v) is 6.20. The number of aromatic carboxylic acids is 1. The van der Waals surface area contributed by atoms with E-state index >= 15 is 4.39 Å². The molecule has 2 aromatic rings. The third kappa shape index (κ3) is 2.78. The van der Waals surface area contributed by atoms with E-state index < -0.39 is 17.2 Å². The van der Waals surface area contributed by atoms with Gasteiger partial charge in [0.2, 0.25) is 5.43 Å². The van der Waals surface area contributed by atoms with E-state index in [1.54, 1.807) is 4.57 Å². The lowest BCUT2D eigenvalue weighted by atomic mass is 9.78. The number of halogens is 1. The first-order valence-corrected chi connectivity index (χ1v) is 9.85. The first kappa shape index (κ1) is 19.0. The molecule has 2 saturated heterocycles. The Morgan fingerprint density at radius 3 is 2.70 bits per heavy atom. The Hall–Kier alpha value is -3.01. The predicted molar refractivity (Wildman–Crippen MR) is 108 cm³/mol. The van der Waals surface area contributed by atoms with Crippen molar-refractivity contribution in [1.29, 1.82) is 0 Å². The van der Waals surface area contributed by atoms with Crippen molar-refractivity contribution in [3.63, 3.8) is 0 Å². The van der Waals surface area contributed by atoms with Gasteiger partial charge in [0.25, 0.3) is 0 Å². The topological polar surface area (TPSA) is 100 Å². The summed E-state index contributed by atoms with van der Waals surface area (Å²) in [6.07, 6.45) is 3.08. The Kier molecular flexibility index (Phi) is 4.11. The Morgan fingerprint density at radius 1 is 1.37 bits per heavy atom. The van der Waals surface area contributed by atoms with Crippen molar-refractivity contribution in [2.24, 2.45) is 10.6 Å². The number of rotatable bonds is 4. The van der Waals surface area contributed by atoms with Crippen LogP contribution < -0.4 is 10.3 Å². The van der Waals surface area contributed by atoms with Gasteiger partial charge in [0.1, 0.15) is 18.3 Å². The molecule has 1 saturated carbocycles. The van der Waals surface area contributed by atoms with Gasteiger partial charge in [-0.3, -0.25) is 4.79 Å². The van der Waals surface area contributed by atoms with Gasteiger partial charge in [-0.15, -0.1) is 0 Å². The van der Waals surface area contributed by atoms with Crippen LogP contribution in [0.5, 0.6) is 0 Å². The number of carboxylic acids is 1. The second-order valence-electron chi connectivity index (χ2n) is 8.51. The molecule has 3 fully saturated rings. The molecule has 0 amide bonds. The first-order chi connectivity index (χ1) is 14.3. The highest BCUT2D eigenvalue weighted by atomic mass is 19.1. The molecule has 30 heavy (non-hydrogen) atoms.